The fourth-order valence-corrected chi connectivity index (χ4v) is 4.62. The third kappa shape index (κ3) is 4.11. The van der Waals surface area contributed by atoms with Gasteiger partial charge in [0.25, 0.3) is 0 Å². The van der Waals surface area contributed by atoms with Crippen molar-refractivity contribution < 1.29 is 9.52 Å². The standard InChI is InChI=1S/C22H22N4O2S/c27-17-7-5-16(6-8-17)23-20-2-1-3-21(25-20)26-22-24-18-9-4-14(12-19(18)29-22)15-10-11-28-13-15/h1-4,9-13,16-17,27H,5-8H2,(H2,23,24,25,26)/t16-,17-. The van der Waals surface area contributed by atoms with Gasteiger partial charge in [-0.25, -0.2) is 9.97 Å². The van der Waals surface area contributed by atoms with Crippen LogP contribution in [0, 0.1) is 0 Å². The normalized spacial score (nSPS) is 19.3. The molecule has 1 fully saturated rings. The number of anilines is 3. The van der Waals surface area contributed by atoms with Gasteiger partial charge in [-0.05, 0) is 61.6 Å². The Balaban J connectivity index is 1.31. The number of thiazole rings is 1. The minimum Gasteiger partial charge on any atom is -0.472 e. The Kier molecular flexibility index (Phi) is 4.91. The summed E-state index contributed by atoms with van der Waals surface area (Å²) in [6.07, 6.45) is 6.92. The van der Waals surface area contributed by atoms with E-state index in [1.807, 2.05) is 30.3 Å². The number of furan rings is 1. The summed E-state index contributed by atoms with van der Waals surface area (Å²) in [5.74, 6) is 1.61. The van der Waals surface area contributed by atoms with E-state index in [9.17, 15) is 5.11 Å². The molecule has 6 nitrogen and oxygen atoms in total. The maximum absolute atomic E-state index is 9.67. The highest BCUT2D eigenvalue weighted by Crippen LogP contribution is 2.32. The molecule has 148 valence electrons. The van der Waals surface area contributed by atoms with Crippen LogP contribution in [0.4, 0.5) is 16.8 Å². The molecule has 1 aromatic carbocycles. The number of aromatic nitrogens is 2. The van der Waals surface area contributed by atoms with Gasteiger partial charge in [-0.1, -0.05) is 23.5 Å². The SMILES string of the molecule is O[C@H]1CC[C@H](Nc2cccc(Nc3nc4ccc(-c5ccoc5)cc4s3)n2)CC1. The number of hydrogen-bond donors (Lipinski definition) is 3. The predicted molar refractivity (Wildman–Crippen MR) is 117 cm³/mol. The van der Waals surface area contributed by atoms with Gasteiger partial charge < -0.3 is 20.2 Å². The first-order valence-electron chi connectivity index (χ1n) is 9.85. The minimum absolute atomic E-state index is 0.151. The number of rotatable bonds is 5. The molecule has 7 heteroatoms. The number of nitrogens with zero attached hydrogens (tertiary/aromatic N) is 2. The summed E-state index contributed by atoms with van der Waals surface area (Å²) < 4.78 is 6.30. The van der Waals surface area contributed by atoms with E-state index in [4.69, 9.17) is 4.42 Å². The molecule has 0 saturated heterocycles. The number of aliphatic hydroxyl groups excluding tert-OH is 1. The molecule has 1 aliphatic carbocycles. The number of hydrogen-bond acceptors (Lipinski definition) is 7. The van der Waals surface area contributed by atoms with Crippen LogP contribution in [-0.2, 0) is 0 Å². The summed E-state index contributed by atoms with van der Waals surface area (Å²) >= 11 is 1.60. The van der Waals surface area contributed by atoms with Crippen LogP contribution >= 0.6 is 11.3 Å². The van der Waals surface area contributed by atoms with E-state index in [2.05, 4.69) is 32.7 Å². The van der Waals surface area contributed by atoms with Crippen molar-refractivity contribution in [1.82, 2.24) is 9.97 Å². The summed E-state index contributed by atoms with van der Waals surface area (Å²) in [4.78, 5) is 9.36. The summed E-state index contributed by atoms with van der Waals surface area (Å²) in [7, 11) is 0. The molecule has 0 spiro atoms. The van der Waals surface area contributed by atoms with Crippen LogP contribution in [0.15, 0.2) is 59.4 Å². The number of pyridine rings is 1. The minimum atomic E-state index is -0.151. The van der Waals surface area contributed by atoms with Crippen molar-refractivity contribution in [2.75, 3.05) is 10.6 Å². The maximum atomic E-state index is 9.67. The first-order valence-corrected chi connectivity index (χ1v) is 10.7. The Bertz CT molecular complexity index is 1100. The Hall–Kier alpha value is -2.90. The van der Waals surface area contributed by atoms with Gasteiger partial charge in [0, 0.05) is 11.6 Å². The second-order valence-electron chi connectivity index (χ2n) is 7.40. The zero-order valence-corrected chi connectivity index (χ0v) is 16.7. The average molecular weight is 407 g/mol. The van der Waals surface area contributed by atoms with Crippen molar-refractivity contribution in [3.63, 3.8) is 0 Å². The molecule has 0 aliphatic heterocycles. The van der Waals surface area contributed by atoms with Crippen molar-refractivity contribution in [1.29, 1.82) is 0 Å². The lowest BCUT2D eigenvalue weighted by Crippen LogP contribution is -2.28. The van der Waals surface area contributed by atoms with E-state index in [1.54, 1.807) is 23.9 Å². The molecule has 3 aromatic heterocycles. The topological polar surface area (TPSA) is 83.2 Å². The van der Waals surface area contributed by atoms with Crippen LogP contribution < -0.4 is 10.6 Å². The van der Waals surface area contributed by atoms with Gasteiger partial charge >= 0.3 is 0 Å². The quantitative estimate of drug-likeness (QED) is 0.411. The monoisotopic (exact) mass is 406 g/mol. The van der Waals surface area contributed by atoms with Gasteiger partial charge in [-0.3, -0.25) is 0 Å². The maximum Gasteiger partial charge on any atom is 0.189 e. The van der Waals surface area contributed by atoms with E-state index in [1.165, 1.54) is 0 Å². The molecule has 1 aliphatic rings. The highest BCUT2D eigenvalue weighted by Gasteiger charge is 2.19. The van der Waals surface area contributed by atoms with Crippen LogP contribution in [-0.4, -0.2) is 27.2 Å². The van der Waals surface area contributed by atoms with Crippen LogP contribution in [0.5, 0.6) is 0 Å². The molecule has 4 aromatic rings. The molecular weight excluding hydrogens is 384 g/mol. The van der Waals surface area contributed by atoms with E-state index in [0.29, 0.717) is 6.04 Å². The molecule has 29 heavy (non-hydrogen) atoms. The van der Waals surface area contributed by atoms with Crippen molar-refractivity contribution in [3.05, 3.63) is 55.0 Å². The smallest absolute Gasteiger partial charge is 0.189 e. The summed E-state index contributed by atoms with van der Waals surface area (Å²) in [5.41, 5.74) is 3.13. The largest absolute Gasteiger partial charge is 0.472 e. The Morgan fingerprint density at radius 1 is 0.966 bits per heavy atom. The Labute approximate surface area is 172 Å². The van der Waals surface area contributed by atoms with Gasteiger partial charge in [0.05, 0.1) is 28.8 Å². The molecule has 3 N–H and O–H groups in total. The Morgan fingerprint density at radius 3 is 2.66 bits per heavy atom. The van der Waals surface area contributed by atoms with Crippen molar-refractivity contribution >= 4 is 38.3 Å². The Morgan fingerprint density at radius 2 is 1.83 bits per heavy atom. The average Bonchev–Trinajstić information content (AvgIpc) is 3.39. The zero-order chi connectivity index (χ0) is 19.6. The highest BCUT2D eigenvalue weighted by atomic mass is 32.1. The number of aliphatic hydroxyl groups is 1. The van der Waals surface area contributed by atoms with Crippen LogP contribution in [0.3, 0.4) is 0 Å². The lowest BCUT2D eigenvalue weighted by Gasteiger charge is -2.26. The van der Waals surface area contributed by atoms with E-state index < -0.39 is 0 Å². The molecule has 0 unspecified atom stereocenters. The first-order chi connectivity index (χ1) is 14.2. The third-order valence-electron chi connectivity index (χ3n) is 5.28. The van der Waals surface area contributed by atoms with Crippen molar-refractivity contribution in [2.24, 2.45) is 0 Å². The predicted octanol–water partition coefficient (Wildman–Crippen LogP) is 5.41. The second kappa shape index (κ2) is 7.85. The van der Waals surface area contributed by atoms with E-state index in [-0.39, 0.29) is 6.10 Å². The van der Waals surface area contributed by atoms with Gasteiger partial charge in [-0.2, -0.15) is 0 Å². The molecular formula is C22H22N4O2S. The van der Waals surface area contributed by atoms with Gasteiger partial charge in [0.1, 0.15) is 11.6 Å². The molecule has 5 rings (SSSR count). The zero-order valence-electron chi connectivity index (χ0n) is 15.8. The molecule has 1 saturated carbocycles. The third-order valence-corrected chi connectivity index (χ3v) is 6.21. The van der Waals surface area contributed by atoms with Gasteiger partial charge in [-0.15, -0.1) is 0 Å². The molecule has 0 amide bonds. The second-order valence-corrected chi connectivity index (χ2v) is 8.43. The summed E-state index contributed by atoms with van der Waals surface area (Å²) in [5, 5.41) is 17.3. The summed E-state index contributed by atoms with van der Waals surface area (Å²) in [6.45, 7) is 0. The van der Waals surface area contributed by atoms with Crippen LogP contribution in [0.1, 0.15) is 25.7 Å². The number of fused-ring (bicyclic) bond motifs is 1. The highest BCUT2D eigenvalue weighted by molar-refractivity contribution is 7.22. The molecule has 0 atom stereocenters. The number of benzene rings is 1. The van der Waals surface area contributed by atoms with E-state index >= 15 is 0 Å². The molecule has 0 bridgehead atoms. The first kappa shape index (κ1) is 18.1. The fourth-order valence-electron chi connectivity index (χ4n) is 3.71. The lowest BCUT2D eigenvalue weighted by molar-refractivity contribution is 0.126. The van der Waals surface area contributed by atoms with Crippen molar-refractivity contribution in [3.8, 4) is 11.1 Å². The summed E-state index contributed by atoms with van der Waals surface area (Å²) in [6, 6.07) is 14.4. The van der Waals surface area contributed by atoms with Crippen LogP contribution in [0.2, 0.25) is 0 Å². The van der Waals surface area contributed by atoms with Gasteiger partial charge in [0.2, 0.25) is 0 Å². The lowest BCUT2D eigenvalue weighted by atomic mass is 9.93. The fraction of sp³-hybridized carbons (Fsp3) is 0.273. The van der Waals surface area contributed by atoms with Crippen LogP contribution in [0.25, 0.3) is 21.3 Å². The van der Waals surface area contributed by atoms with E-state index in [0.717, 1.165) is 63.8 Å². The molecule has 0 radical (unpaired) electrons. The molecule has 3 heterocycles. The van der Waals surface area contributed by atoms with Gasteiger partial charge in [0.15, 0.2) is 5.13 Å². The number of nitrogens with one attached hydrogen (secondary N) is 2. The van der Waals surface area contributed by atoms with Crippen molar-refractivity contribution in [2.45, 2.75) is 37.8 Å².